The van der Waals surface area contributed by atoms with Crippen LogP contribution in [0.25, 0.3) is 0 Å². The minimum Gasteiger partial charge on any atom is -0.340 e. The summed E-state index contributed by atoms with van der Waals surface area (Å²) in [5, 5.41) is 0. The van der Waals surface area contributed by atoms with Gasteiger partial charge in [0.1, 0.15) is 11.7 Å². The van der Waals surface area contributed by atoms with Crippen LogP contribution < -0.4 is 0 Å². The predicted octanol–water partition coefficient (Wildman–Crippen LogP) is 5.14. The van der Waals surface area contributed by atoms with Gasteiger partial charge in [0.25, 0.3) is 0 Å². The summed E-state index contributed by atoms with van der Waals surface area (Å²) in [6, 6.07) is 7.76. The first-order chi connectivity index (χ1) is 11.6. The highest BCUT2D eigenvalue weighted by atomic mass is 16.8. The molecule has 2 bridgehead atoms. The van der Waals surface area contributed by atoms with Crippen LogP contribution in [-0.2, 0) is 9.47 Å². The quantitative estimate of drug-likeness (QED) is 0.615. The van der Waals surface area contributed by atoms with E-state index in [-0.39, 0.29) is 17.3 Å². The number of ether oxygens (including phenoxy) is 2. The second kappa shape index (κ2) is 4.93. The fourth-order valence-corrected chi connectivity index (χ4v) is 5.25. The van der Waals surface area contributed by atoms with E-state index in [1.54, 1.807) is 0 Å². The summed E-state index contributed by atoms with van der Waals surface area (Å²) in [6.07, 6.45) is 1.50. The van der Waals surface area contributed by atoms with Gasteiger partial charge >= 0.3 is 0 Å². The van der Waals surface area contributed by atoms with Gasteiger partial charge < -0.3 is 9.47 Å². The van der Waals surface area contributed by atoms with Crippen molar-refractivity contribution in [3.63, 3.8) is 0 Å². The summed E-state index contributed by atoms with van der Waals surface area (Å²) in [4.78, 5) is 13.2. The van der Waals surface area contributed by atoms with E-state index >= 15 is 0 Å². The fraction of sp³-hybridized carbons (Fsp3) is 0.500. The molecule has 1 heterocycles. The van der Waals surface area contributed by atoms with Gasteiger partial charge in [-0.1, -0.05) is 50.3 Å². The Morgan fingerprint density at radius 3 is 2.56 bits per heavy atom. The van der Waals surface area contributed by atoms with E-state index in [1.165, 1.54) is 5.57 Å². The van der Waals surface area contributed by atoms with E-state index in [9.17, 15) is 4.79 Å². The van der Waals surface area contributed by atoms with Crippen LogP contribution in [0.5, 0.6) is 0 Å². The van der Waals surface area contributed by atoms with Crippen LogP contribution in [0.1, 0.15) is 69.5 Å². The van der Waals surface area contributed by atoms with Crippen LogP contribution in [0.3, 0.4) is 0 Å². The first kappa shape index (κ1) is 16.7. The molecule has 25 heavy (non-hydrogen) atoms. The molecule has 0 aromatic heterocycles. The van der Waals surface area contributed by atoms with Crippen LogP contribution in [0.4, 0.5) is 0 Å². The maximum atomic E-state index is 13.2. The fourth-order valence-electron chi connectivity index (χ4n) is 5.25. The molecule has 0 radical (unpaired) electrons. The number of fused-ring (bicyclic) bond motifs is 3. The maximum Gasteiger partial charge on any atom is 0.193 e. The zero-order valence-electron chi connectivity index (χ0n) is 15.7. The Labute approximate surface area is 149 Å². The normalized spacial score (nSPS) is 32.8. The Bertz CT molecular complexity index is 827. The Balaban J connectivity index is 2.09. The SMILES string of the molecule is C=C1C(=O)c2ccccc2[C@@H]2OC(C)(C)O[C@]23CCC(C)=C1C3(C)C. The van der Waals surface area contributed by atoms with Gasteiger partial charge in [0.2, 0.25) is 0 Å². The molecule has 132 valence electrons. The van der Waals surface area contributed by atoms with Crippen molar-refractivity contribution in [2.45, 2.75) is 65.0 Å². The number of carbonyl (C=O) groups excluding carboxylic acids is 1. The highest BCUT2D eigenvalue weighted by Crippen LogP contribution is 2.63. The van der Waals surface area contributed by atoms with Crippen LogP contribution in [-0.4, -0.2) is 17.2 Å². The Kier molecular flexibility index (Phi) is 3.30. The molecule has 1 aliphatic heterocycles. The van der Waals surface area contributed by atoms with Crippen LogP contribution >= 0.6 is 0 Å². The molecule has 1 aromatic rings. The highest BCUT2D eigenvalue weighted by Gasteiger charge is 2.65. The number of carbonyl (C=O) groups is 1. The van der Waals surface area contributed by atoms with Crippen molar-refractivity contribution >= 4 is 5.78 Å². The summed E-state index contributed by atoms with van der Waals surface area (Å²) >= 11 is 0. The minimum absolute atomic E-state index is 0.00170. The van der Waals surface area contributed by atoms with E-state index in [2.05, 4.69) is 27.4 Å². The first-order valence-corrected chi connectivity index (χ1v) is 9.02. The topological polar surface area (TPSA) is 35.5 Å². The monoisotopic (exact) mass is 338 g/mol. The molecule has 0 N–H and O–H groups in total. The molecule has 3 nitrogen and oxygen atoms in total. The minimum atomic E-state index is -0.694. The summed E-state index contributed by atoms with van der Waals surface area (Å²) in [5.41, 5.74) is 3.61. The van der Waals surface area contributed by atoms with Crippen molar-refractivity contribution in [1.29, 1.82) is 0 Å². The summed E-state index contributed by atoms with van der Waals surface area (Å²) < 4.78 is 13.1. The second-order valence-electron chi connectivity index (χ2n) is 8.56. The molecular weight excluding hydrogens is 312 g/mol. The maximum absolute atomic E-state index is 13.2. The Hall–Kier alpha value is -1.71. The molecule has 3 aliphatic rings. The first-order valence-electron chi connectivity index (χ1n) is 9.02. The number of hydrogen-bond acceptors (Lipinski definition) is 3. The molecule has 2 aliphatic carbocycles. The van der Waals surface area contributed by atoms with Crippen molar-refractivity contribution in [2.24, 2.45) is 5.41 Å². The molecule has 1 fully saturated rings. The van der Waals surface area contributed by atoms with Gasteiger partial charge in [-0.2, -0.15) is 0 Å². The average molecular weight is 338 g/mol. The molecule has 3 heteroatoms. The Morgan fingerprint density at radius 2 is 1.84 bits per heavy atom. The molecule has 0 unspecified atom stereocenters. The summed E-state index contributed by atoms with van der Waals surface area (Å²) in [7, 11) is 0. The largest absolute Gasteiger partial charge is 0.340 e. The molecule has 2 atom stereocenters. The van der Waals surface area contributed by atoms with Crippen molar-refractivity contribution < 1.29 is 14.3 Å². The van der Waals surface area contributed by atoms with Crippen LogP contribution in [0.15, 0.2) is 47.6 Å². The standard InChI is InChI=1S/C22H26O3/c1-13-11-12-22-19(24-21(5,6)25-22)16-10-8-7-9-15(16)18(23)14(2)17(13)20(22,3)4/h7-10,19H,2,11-12H2,1,3-6H3/t19-,22+/m0/s1. The van der Waals surface area contributed by atoms with Crippen molar-refractivity contribution in [2.75, 3.05) is 0 Å². The molecule has 0 saturated carbocycles. The molecule has 4 rings (SSSR count). The highest BCUT2D eigenvalue weighted by molar-refractivity contribution is 6.12. The lowest BCUT2D eigenvalue weighted by Crippen LogP contribution is -2.54. The number of rotatable bonds is 0. The average Bonchev–Trinajstić information content (AvgIpc) is 2.82. The van der Waals surface area contributed by atoms with E-state index < -0.39 is 11.4 Å². The lowest BCUT2D eigenvalue weighted by Gasteiger charge is -2.52. The molecule has 1 aromatic carbocycles. The molecule has 1 saturated heterocycles. The third-order valence-electron chi connectivity index (χ3n) is 6.30. The number of hydrogen-bond donors (Lipinski definition) is 0. The lowest BCUT2D eigenvalue weighted by molar-refractivity contribution is -0.184. The van der Waals surface area contributed by atoms with Gasteiger partial charge in [-0.25, -0.2) is 0 Å². The van der Waals surface area contributed by atoms with Crippen molar-refractivity contribution in [1.82, 2.24) is 0 Å². The third-order valence-corrected chi connectivity index (χ3v) is 6.30. The van der Waals surface area contributed by atoms with E-state index in [0.29, 0.717) is 11.1 Å². The van der Waals surface area contributed by atoms with Crippen LogP contribution in [0, 0.1) is 5.41 Å². The second-order valence-corrected chi connectivity index (χ2v) is 8.56. The number of benzene rings is 1. The van der Waals surface area contributed by atoms with Crippen LogP contribution in [0.2, 0.25) is 0 Å². The molecule has 1 spiro atoms. The van der Waals surface area contributed by atoms with E-state index in [4.69, 9.17) is 9.47 Å². The summed E-state index contributed by atoms with van der Waals surface area (Å²) in [6.45, 7) is 14.6. The summed E-state index contributed by atoms with van der Waals surface area (Å²) in [5.74, 6) is -0.693. The number of allylic oxidation sites excluding steroid dienone is 2. The van der Waals surface area contributed by atoms with E-state index in [1.807, 2.05) is 38.1 Å². The smallest absolute Gasteiger partial charge is 0.193 e. The number of Topliss-reactive ketones (excluding diaryl/α,β-unsaturated/α-hetero) is 1. The number of ketones is 1. The Morgan fingerprint density at radius 1 is 1.16 bits per heavy atom. The third kappa shape index (κ3) is 2.03. The van der Waals surface area contributed by atoms with E-state index in [0.717, 1.165) is 24.0 Å². The lowest BCUT2D eigenvalue weighted by atomic mass is 9.56. The zero-order chi connectivity index (χ0) is 18.2. The van der Waals surface area contributed by atoms with Gasteiger partial charge in [0.15, 0.2) is 11.6 Å². The zero-order valence-corrected chi connectivity index (χ0v) is 15.7. The van der Waals surface area contributed by atoms with Gasteiger partial charge in [0.05, 0.1) is 0 Å². The van der Waals surface area contributed by atoms with Crippen molar-refractivity contribution in [3.05, 3.63) is 58.7 Å². The van der Waals surface area contributed by atoms with Gasteiger partial charge in [-0.05, 0) is 44.7 Å². The van der Waals surface area contributed by atoms with Gasteiger partial charge in [-0.15, -0.1) is 0 Å². The van der Waals surface area contributed by atoms with Gasteiger partial charge in [0, 0.05) is 16.6 Å². The molecule has 0 amide bonds. The van der Waals surface area contributed by atoms with Gasteiger partial charge in [-0.3, -0.25) is 4.79 Å². The predicted molar refractivity (Wildman–Crippen MR) is 97.3 cm³/mol. The van der Waals surface area contributed by atoms with Crippen molar-refractivity contribution in [3.8, 4) is 0 Å². The molecular formula is C22H26O3.